The Labute approximate surface area is 66.8 Å². The summed E-state index contributed by atoms with van der Waals surface area (Å²) in [5.41, 5.74) is 0. The van der Waals surface area contributed by atoms with Crippen molar-refractivity contribution in [3.63, 3.8) is 0 Å². The molecule has 6 nitrogen and oxygen atoms in total. The van der Waals surface area contributed by atoms with E-state index in [9.17, 15) is 4.79 Å². The molecule has 6 heteroatoms. The maximum Gasteiger partial charge on any atom is 0.345 e. The van der Waals surface area contributed by atoms with Crippen LogP contribution in [0.4, 0.5) is 0 Å². The third-order valence-corrected chi connectivity index (χ3v) is 1.25. The summed E-state index contributed by atoms with van der Waals surface area (Å²) in [6.45, 7) is 0.273. The minimum Gasteiger partial charge on any atom is -0.392 e. The monoisotopic (exact) mass is 164 g/mol. The highest BCUT2D eigenvalue weighted by molar-refractivity contribution is 5.42. The fourth-order valence-corrected chi connectivity index (χ4v) is 0.807. The summed E-state index contributed by atoms with van der Waals surface area (Å²) in [6.07, 6.45) is 3.24. The normalized spacial score (nSPS) is 10.0. The summed E-state index contributed by atoms with van der Waals surface area (Å²) in [4.78, 5) is 17.6. The summed E-state index contributed by atoms with van der Waals surface area (Å²) < 4.78 is 5.84. The van der Waals surface area contributed by atoms with E-state index in [1.807, 2.05) is 0 Å². The smallest absolute Gasteiger partial charge is 0.345 e. The minimum absolute atomic E-state index is 0.00343. The highest BCUT2D eigenvalue weighted by Crippen LogP contribution is 2.02. The van der Waals surface area contributed by atoms with Crippen LogP contribution in [0, 0.1) is 0 Å². The van der Waals surface area contributed by atoms with Gasteiger partial charge in [-0.15, -0.1) is 5.10 Å². The molecular weight excluding hydrogens is 160 g/mol. The third kappa shape index (κ3) is 0.986. The number of fused-ring (bicyclic) bond motifs is 1. The first-order valence-electron chi connectivity index (χ1n) is 3.18. The quantitative estimate of drug-likeness (QED) is 0.568. The average Bonchev–Trinajstić information content (AvgIpc) is 2.47. The molecule has 0 aliphatic carbocycles. The lowest BCUT2D eigenvalue weighted by Gasteiger charge is -1.83. The Hall–Kier alpha value is -1.98. The Kier molecular flexibility index (Phi) is 1.44. The van der Waals surface area contributed by atoms with Crippen LogP contribution in [0.1, 0.15) is 0 Å². The predicted octanol–water partition coefficient (Wildman–Crippen LogP) is -0.341. The van der Waals surface area contributed by atoms with Gasteiger partial charge in [0.05, 0.1) is 0 Å². The Morgan fingerprint density at radius 3 is 3.25 bits per heavy atom. The van der Waals surface area contributed by atoms with Crippen LogP contribution in [-0.2, 0) is 4.79 Å². The first kappa shape index (κ1) is 6.71. The van der Waals surface area contributed by atoms with Crippen LogP contribution in [0.15, 0.2) is 18.5 Å². The summed E-state index contributed by atoms with van der Waals surface area (Å²) >= 11 is 0. The van der Waals surface area contributed by atoms with Crippen molar-refractivity contribution in [1.29, 1.82) is 0 Å². The lowest BCUT2D eigenvalue weighted by molar-refractivity contribution is -0.121. The molecule has 2 aromatic heterocycles. The summed E-state index contributed by atoms with van der Waals surface area (Å²) in [5, 5.41) is 3.79. The number of rotatable bonds is 2. The Morgan fingerprint density at radius 2 is 2.50 bits per heavy atom. The molecule has 12 heavy (non-hydrogen) atoms. The van der Waals surface area contributed by atoms with Gasteiger partial charge in [0.15, 0.2) is 0 Å². The number of nitrogens with zero attached hydrogens (tertiary/aromatic N) is 4. The second-order valence-electron chi connectivity index (χ2n) is 1.97. The molecule has 0 unspecified atom stereocenters. The zero-order chi connectivity index (χ0) is 8.39. The van der Waals surface area contributed by atoms with Crippen molar-refractivity contribution in [3.8, 4) is 6.01 Å². The second-order valence-corrected chi connectivity index (χ2v) is 1.97. The van der Waals surface area contributed by atoms with E-state index < -0.39 is 0 Å². The molecule has 0 aliphatic rings. The van der Waals surface area contributed by atoms with Crippen molar-refractivity contribution < 1.29 is 9.53 Å². The molecule has 0 N–H and O–H groups in total. The van der Waals surface area contributed by atoms with Crippen molar-refractivity contribution in [2.24, 2.45) is 0 Å². The minimum atomic E-state index is 0.00343. The van der Waals surface area contributed by atoms with E-state index in [4.69, 9.17) is 0 Å². The Balaban J connectivity index is 2.54. The van der Waals surface area contributed by atoms with Gasteiger partial charge in [-0.1, -0.05) is 0 Å². The zero-order valence-electron chi connectivity index (χ0n) is 5.91. The second kappa shape index (κ2) is 2.57. The molecule has 0 aromatic carbocycles. The van der Waals surface area contributed by atoms with Crippen LogP contribution in [0.3, 0.4) is 0 Å². The maximum absolute atomic E-state index is 9.92. The van der Waals surface area contributed by atoms with Crippen molar-refractivity contribution in [1.82, 2.24) is 19.6 Å². The van der Waals surface area contributed by atoms with Crippen molar-refractivity contribution in [3.05, 3.63) is 18.5 Å². The molecule has 0 bridgehead atoms. The van der Waals surface area contributed by atoms with Gasteiger partial charge in [0.2, 0.25) is 0 Å². The molecule has 0 saturated heterocycles. The summed E-state index contributed by atoms with van der Waals surface area (Å²) in [5.74, 6) is 0.398. The molecule has 0 fully saturated rings. The highest BCUT2D eigenvalue weighted by atomic mass is 16.5. The zero-order valence-corrected chi connectivity index (χ0v) is 5.91. The van der Waals surface area contributed by atoms with E-state index in [0.717, 1.165) is 0 Å². The standard InChI is InChI=1S/C6H4N4O2/c11-4-12-6-8-5-7-2-1-3-10(5)9-6/h1-4H. The number of aromatic nitrogens is 4. The van der Waals surface area contributed by atoms with Crippen LogP contribution in [-0.4, -0.2) is 26.1 Å². The van der Waals surface area contributed by atoms with Gasteiger partial charge in [-0.2, -0.15) is 4.98 Å². The first-order chi connectivity index (χ1) is 5.90. The number of ether oxygens (including phenoxy) is 1. The molecule has 2 heterocycles. The molecule has 60 valence electrons. The van der Waals surface area contributed by atoms with Gasteiger partial charge >= 0.3 is 12.5 Å². The van der Waals surface area contributed by atoms with Gasteiger partial charge < -0.3 is 4.74 Å². The Bertz CT molecular complexity index is 378. The SMILES string of the molecule is O=COc1nc2ncccn2n1. The van der Waals surface area contributed by atoms with Gasteiger partial charge in [-0.3, -0.25) is 4.79 Å². The molecule has 0 aliphatic heterocycles. The van der Waals surface area contributed by atoms with Gasteiger partial charge in [0.1, 0.15) is 0 Å². The fourth-order valence-electron chi connectivity index (χ4n) is 0.807. The molecule has 2 rings (SSSR count). The van der Waals surface area contributed by atoms with E-state index in [-0.39, 0.29) is 12.5 Å². The van der Waals surface area contributed by atoms with E-state index in [2.05, 4.69) is 19.8 Å². The lowest BCUT2D eigenvalue weighted by atomic mass is 10.7. The third-order valence-electron chi connectivity index (χ3n) is 1.25. The largest absolute Gasteiger partial charge is 0.392 e. The summed E-state index contributed by atoms with van der Waals surface area (Å²) in [6, 6.07) is 1.70. The maximum atomic E-state index is 9.92. The topological polar surface area (TPSA) is 69.4 Å². The van der Waals surface area contributed by atoms with Gasteiger partial charge in [0.25, 0.3) is 5.78 Å². The molecule has 0 atom stereocenters. The van der Waals surface area contributed by atoms with E-state index >= 15 is 0 Å². The number of hydrogen-bond donors (Lipinski definition) is 0. The van der Waals surface area contributed by atoms with Crippen LogP contribution in [0.5, 0.6) is 6.01 Å². The van der Waals surface area contributed by atoms with Gasteiger partial charge in [-0.05, 0) is 6.07 Å². The highest BCUT2D eigenvalue weighted by Gasteiger charge is 2.02. The van der Waals surface area contributed by atoms with Gasteiger partial charge in [0, 0.05) is 12.4 Å². The van der Waals surface area contributed by atoms with E-state index in [0.29, 0.717) is 5.78 Å². The molecule has 0 spiro atoms. The molecular formula is C6H4N4O2. The molecule has 0 saturated carbocycles. The van der Waals surface area contributed by atoms with Crippen LogP contribution >= 0.6 is 0 Å². The van der Waals surface area contributed by atoms with Crippen LogP contribution < -0.4 is 4.74 Å². The van der Waals surface area contributed by atoms with Crippen LogP contribution in [0.2, 0.25) is 0 Å². The first-order valence-corrected chi connectivity index (χ1v) is 3.18. The molecule has 0 amide bonds. The van der Waals surface area contributed by atoms with Crippen LogP contribution in [0.25, 0.3) is 5.78 Å². The number of hydrogen-bond acceptors (Lipinski definition) is 5. The number of carbonyl (C=O) groups is 1. The van der Waals surface area contributed by atoms with Crippen molar-refractivity contribution in [2.45, 2.75) is 0 Å². The van der Waals surface area contributed by atoms with E-state index in [1.165, 1.54) is 4.52 Å². The van der Waals surface area contributed by atoms with Gasteiger partial charge in [-0.25, -0.2) is 9.50 Å². The lowest BCUT2D eigenvalue weighted by Crippen LogP contribution is -1.90. The van der Waals surface area contributed by atoms with Crippen molar-refractivity contribution in [2.75, 3.05) is 0 Å². The van der Waals surface area contributed by atoms with Crippen molar-refractivity contribution >= 4 is 12.2 Å². The Morgan fingerprint density at radius 1 is 1.58 bits per heavy atom. The van der Waals surface area contributed by atoms with E-state index in [1.54, 1.807) is 18.5 Å². The molecule has 0 radical (unpaired) electrons. The summed E-state index contributed by atoms with van der Waals surface area (Å²) in [7, 11) is 0. The predicted molar refractivity (Wildman–Crippen MR) is 37.5 cm³/mol. The number of carbonyl (C=O) groups excluding carboxylic acids is 1. The molecule has 2 aromatic rings. The fraction of sp³-hybridized carbons (Fsp3) is 0. The average molecular weight is 164 g/mol.